The van der Waals surface area contributed by atoms with Gasteiger partial charge in [-0.2, -0.15) is 13.2 Å². The fourth-order valence-electron chi connectivity index (χ4n) is 9.39. The highest BCUT2D eigenvalue weighted by molar-refractivity contribution is 6.04. The number of nitrogens with zero attached hydrogens (tertiary/aromatic N) is 6. The van der Waals surface area contributed by atoms with E-state index in [1.807, 2.05) is 76.5 Å². The molecular formula is C60H59F3N8O9. The number of aryl methyl sites for hydroxylation is 2. The first kappa shape index (κ1) is 54.5. The number of fused-ring (bicyclic) bond motifs is 2. The van der Waals surface area contributed by atoms with Crippen LogP contribution in [0.2, 0.25) is 0 Å². The summed E-state index contributed by atoms with van der Waals surface area (Å²) < 4.78 is 71.5. The van der Waals surface area contributed by atoms with E-state index in [0.29, 0.717) is 80.2 Å². The first-order valence-electron chi connectivity index (χ1n) is 26.3. The Morgan fingerprint density at radius 1 is 0.525 bits per heavy atom. The van der Waals surface area contributed by atoms with Crippen LogP contribution in [0.3, 0.4) is 0 Å². The van der Waals surface area contributed by atoms with Crippen LogP contribution in [-0.4, -0.2) is 113 Å². The van der Waals surface area contributed by atoms with E-state index in [1.54, 1.807) is 42.6 Å². The van der Waals surface area contributed by atoms with Gasteiger partial charge in [0.15, 0.2) is 23.0 Å². The van der Waals surface area contributed by atoms with Gasteiger partial charge in [-0.15, -0.1) is 0 Å². The number of anilines is 2. The Morgan fingerprint density at radius 2 is 0.975 bits per heavy atom. The summed E-state index contributed by atoms with van der Waals surface area (Å²) in [6.45, 7) is 8.45. The van der Waals surface area contributed by atoms with Gasteiger partial charge in [-0.25, -0.2) is 9.97 Å². The minimum absolute atomic E-state index is 0.0894. The van der Waals surface area contributed by atoms with Crippen LogP contribution >= 0.6 is 0 Å². The number of nitrogens with two attached hydrogens (primary N) is 1. The van der Waals surface area contributed by atoms with Gasteiger partial charge in [-0.05, 0) is 120 Å². The number of piperazine rings is 2. The van der Waals surface area contributed by atoms with Crippen molar-refractivity contribution in [2.24, 2.45) is 0 Å². The smallest absolute Gasteiger partial charge is 0.416 e. The summed E-state index contributed by atoms with van der Waals surface area (Å²) in [5.74, 6) is 5.01. The maximum atomic E-state index is 12.9. The highest BCUT2D eigenvalue weighted by atomic mass is 19.4. The number of amides is 3. The van der Waals surface area contributed by atoms with Crippen LogP contribution < -0.4 is 39.5 Å². The zero-order valence-electron chi connectivity index (χ0n) is 43.7. The molecule has 80 heavy (non-hydrogen) atoms. The molecule has 5 aromatic carbocycles. The number of alkyl halides is 3. The van der Waals surface area contributed by atoms with Gasteiger partial charge in [0.1, 0.15) is 11.5 Å². The minimum Gasteiger partial charge on any atom is -0.454 e. The van der Waals surface area contributed by atoms with Crippen LogP contribution in [0.4, 0.5) is 24.5 Å². The Morgan fingerprint density at radius 3 is 1.41 bits per heavy atom. The number of pyridine rings is 2. The lowest BCUT2D eigenvalue weighted by molar-refractivity contribution is -0.137. The molecule has 17 nitrogen and oxygen atoms in total. The van der Waals surface area contributed by atoms with Gasteiger partial charge < -0.3 is 49.3 Å². The van der Waals surface area contributed by atoms with Gasteiger partial charge in [0, 0.05) is 96.0 Å². The number of nitrogens with one attached hydrogen (secondary N) is 1. The second-order valence-corrected chi connectivity index (χ2v) is 19.5. The third-order valence-electron chi connectivity index (χ3n) is 13.9. The summed E-state index contributed by atoms with van der Waals surface area (Å²) in [7, 11) is 0. The molecule has 414 valence electrons. The lowest BCUT2D eigenvalue weighted by Gasteiger charge is -2.35. The molecule has 2 fully saturated rings. The SMILES string of the molecule is Nc1ccc(Oc2ccc(CCC(=O)N3CCN(Cc4ccc5c(c4)OCO5)CC3)cc2)nc1.O=C(Nc1ccc(Oc2ccc(CCC(=O)N3CCN(Cc4ccc5c(c4)OCO5)CC3)cc2)nc1)c1ccc(C(F)(F)F)cc1. The van der Waals surface area contributed by atoms with Gasteiger partial charge in [0.2, 0.25) is 37.2 Å². The highest BCUT2D eigenvalue weighted by Gasteiger charge is 2.30. The molecule has 4 aliphatic rings. The molecule has 0 saturated carbocycles. The van der Waals surface area contributed by atoms with Crippen LogP contribution in [-0.2, 0) is 41.7 Å². The molecule has 2 aromatic heterocycles. The fraction of sp³-hybridized carbons (Fsp3) is 0.283. The van der Waals surface area contributed by atoms with E-state index in [1.165, 1.54) is 11.8 Å². The molecule has 3 amide bonds. The number of halogens is 3. The fourth-order valence-corrected chi connectivity index (χ4v) is 9.39. The van der Waals surface area contributed by atoms with E-state index in [0.717, 1.165) is 116 Å². The monoisotopic (exact) mass is 1090 g/mol. The van der Waals surface area contributed by atoms with E-state index >= 15 is 0 Å². The van der Waals surface area contributed by atoms with E-state index < -0.39 is 17.6 Å². The van der Waals surface area contributed by atoms with E-state index in [-0.39, 0.29) is 24.2 Å². The van der Waals surface area contributed by atoms with Crippen molar-refractivity contribution in [3.63, 3.8) is 0 Å². The summed E-state index contributed by atoms with van der Waals surface area (Å²) in [6, 6.07) is 37.9. The van der Waals surface area contributed by atoms with Crippen LogP contribution in [0.15, 0.2) is 146 Å². The minimum atomic E-state index is -4.47. The predicted octanol–water partition coefficient (Wildman–Crippen LogP) is 9.61. The quantitative estimate of drug-likeness (QED) is 0.0933. The second kappa shape index (κ2) is 25.3. The van der Waals surface area contributed by atoms with Crippen LogP contribution in [0.25, 0.3) is 0 Å². The molecule has 0 spiro atoms. The average Bonchev–Trinajstić information content (AvgIpc) is 4.17. The summed E-state index contributed by atoms with van der Waals surface area (Å²) in [5.41, 5.74) is 10.3. The number of carbonyl (C=O) groups is 3. The van der Waals surface area contributed by atoms with Crippen molar-refractivity contribution >= 4 is 29.1 Å². The van der Waals surface area contributed by atoms with Crippen LogP contribution in [0.5, 0.6) is 46.3 Å². The molecule has 0 aliphatic carbocycles. The Labute approximate surface area is 460 Å². The molecule has 0 unspecified atom stereocenters. The number of nitrogen functional groups attached to an aromatic ring is 1. The van der Waals surface area contributed by atoms with E-state index in [4.69, 9.17) is 34.2 Å². The van der Waals surface area contributed by atoms with Crippen LogP contribution in [0, 0.1) is 0 Å². The maximum Gasteiger partial charge on any atom is 0.416 e. The van der Waals surface area contributed by atoms with Gasteiger partial charge in [0.25, 0.3) is 5.91 Å². The van der Waals surface area contributed by atoms with Crippen molar-refractivity contribution in [3.8, 4) is 46.3 Å². The van der Waals surface area contributed by atoms with Crippen molar-refractivity contribution in [1.82, 2.24) is 29.6 Å². The molecule has 0 radical (unpaired) electrons. The Balaban J connectivity index is 0.000000188. The maximum absolute atomic E-state index is 12.9. The zero-order chi connectivity index (χ0) is 55.4. The molecule has 0 bridgehead atoms. The lowest BCUT2D eigenvalue weighted by Crippen LogP contribution is -2.48. The molecule has 7 aromatic rings. The molecule has 4 aliphatic heterocycles. The van der Waals surface area contributed by atoms with Crippen LogP contribution in [0.1, 0.15) is 51.0 Å². The highest BCUT2D eigenvalue weighted by Crippen LogP contribution is 2.35. The van der Waals surface area contributed by atoms with E-state index in [9.17, 15) is 27.6 Å². The number of aromatic nitrogens is 2. The largest absolute Gasteiger partial charge is 0.454 e. The lowest BCUT2D eigenvalue weighted by atomic mass is 10.1. The summed E-state index contributed by atoms with van der Waals surface area (Å²) in [5, 5.41) is 2.60. The Hall–Kier alpha value is -8.88. The zero-order valence-corrected chi connectivity index (χ0v) is 43.7. The second-order valence-electron chi connectivity index (χ2n) is 19.5. The van der Waals surface area contributed by atoms with Crippen molar-refractivity contribution in [2.75, 3.05) is 77.0 Å². The molecule has 0 atom stereocenters. The number of hydrogen-bond donors (Lipinski definition) is 2. The third kappa shape index (κ3) is 14.8. The Kier molecular flexibility index (Phi) is 17.2. The molecular weight excluding hydrogens is 1030 g/mol. The first-order valence-corrected chi connectivity index (χ1v) is 26.3. The van der Waals surface area contributed by atoms with Gasteiger partial charge in [-0.1, -0.05) is 36.4 Å². The van der Waals surface area contributed by atoms with E-state index in [2.05, 4.69) is 31.2 Å². The summed E-state index contributed by atoms with van der Waals surface area (Å²) in [6.07, 6.45) is 0.730. The third-order valence-corrected chi connectivity index (χ3v) is 13.9. The van der Waals surface area contributed by atoms with Gasteiger partial charge in [-0.3, -0.25) is 24.2 Å². The van der Waals surface area contributed by atoms with Crippen molar-refractivity contribution < 1.29 is 56.0 Å². The molecule has 11 rings (SSSR count). The Bertz CT molecular complexity index is 3230. The molecule has 3 N–H and O–H groups in total. The normalized spacial score (nSPS) is 14.9. The number of rotatable bonds is 16. The number of benzene rings is 5. The first-order chi connectivity index (χ1) is 38.8. The summed E-state index contributed by atoms with van der Waals surface area (Å²) in [4.78, 5) is 54.9. The van der Waals surface area contributed by atoms with Gasteiger partial charge >= 0.3 is 6.18 Å². The molecule has 6 heterocycles. The number of carbonyl (C=O) groups excluding carboxylic acids is 3. The number of hydrogen-bond acceptors (Lipinski definition) is 14. The topological polar surface area (TPSA) is 183 Å². The standard InChI is InChI=1S/C34H31F3N4O5.C26H28N4O4/c35-34(36,37)26-7-5-25(6-8-26)33(43)39-27-9-13-31(38-20-27)46-28-10-1-23(2-11-28)4-14-32(42)41-17-15-40(16-18-41)21-24-3-12-29-30(19-24)45-22-44-29;27-21-5-9-25(28-16-21)34-22-6-1-19(2-7-22)4-10-26(31)30-13-11-29(12-14-30)17-20-3-8-23-24(15-20)33-18-32-23/h1-3,5-13,19-20H,4,14-18,21-22H2,(H,39,43);1-3,5-9,15-16H,4,10-14,17-18,27H2. The van der Waals surface area contributed by atoms with Crippen molar-refractivity contribution in [1.29, 1.82) is 0 Å². The van der Waals surface area contributed by atoms with Crippen molar-refractivity contribution in [3.05, 3.63) is 179 Å². The number of ether oxygens (including phenoxy) is 6. The molecule has 20 heteroatoms. The summed E-state index contributed by atoms with van der Waals surface area (Å²) >= 11 is 0. The predicted molar refractivity (Wildman–Crippen MR) is 291 cm³/mol. The average molecular weight is 1090 g/mol. The van der Waals surface area contributed by atoms with Gasteiger partial charge in [0.05, 0.1) is 29.3 Å². The molecule has 2 saturated heterocycles. The van der Waals surface area contributed by atoms with Crippen molar-refractivity contribution in [2.45, 2.75) is 44.9 Å².